The number of hydrogen-bond acceptors (Lipinski definition) is 8. The van der Waals surface area contributed by atoms with Crippen LogP contribution in [0.2, 0.25) is 0 Å². The quantitative estimate of drug-likeness (QED) is 0.306. The van der Waals surface area contributed by atoms with Gasteiger partial charge in [0.25, 0.3) is 5.91 Å². The third-order valence-electron chi connectivity index (χ3n) is 5.92. The number of methoxy groups -OCH3 is 4. The second-order valence-electron chi connectivity index (χ2n) is 8.26. The number of hydrogen-bond donors (Lipinski definition) is 1. The van der Waals surface area contributed by atoms with Crippen molar-refractivity contribution in [3.8, 4) is 28.7 Å². The van der Waals surface area contributed by atoms with Crippen molar-refractivity contribution in [3.63, 3.8) is 0 Å². The Balaban J connectivity index is 1.50. The maximum Gasteiger partial charge on any atom is 0.328 e. The van der Waals surface area contributed by atoms with Crippen LogP contribution in [0.3, 0.4) is 0 Å². The molecular formula is C29H28N2O7. The zero-order chi connectivity index (χ0) is 27.1. The van der Waals surface area contributed by atoms with Crippen molar-refractivity contribution in [2.45, 2.75) is 12.5 Å². The lowest BCUT2D eigenvalue weighted by atomic mass is 10.0. The second kappa shape index (κ2) is 12.0. The molecule has 0 saturated heterocycles. The summed E-state index contributed by atoms with van der Waals surface area (Å²) in [4.78, 5) is 29.6. The highest BCUT2D eigenvalue weighted by atomic mass is 16.5. The van der Waals surface area contributed by atoms with Gasteiger partial charge in [0.2, 0.25) is 0 Å². The first-order chi connectivity index (χ1) is 18.4. The Kier molecular flexibility index (Phi) is 8.27. The first kappa shape index (κ1) is 26.3. The van der Waals surface area contributed by atoms with Crippen LogP contribution in [0.1, 0.15) is 15.9 Å². The molecule has 0 bridgehead atoms. The number of amides is 1. The summed E-state index contributed by atoms with van der Waals surface area (Å²) in [7, 11) is 5.95. The van der Waals surface area contributed by atoms with Gasteiger partial charge in [-0.2, -0.15) is 0 Å². The van der Waals surface area contributed by atoms with E-state index in [1.807, 2.05) is 18.2 Å². The molecule has 1 N–H and O–H groups in total. The topological polar surface area (TPSA) is 105 Å². The summed E-state index contributed by atoms with van der Waals surface area (Å²) in [5.74, 6) is 1.92. The van der Waals surface area contributed by atoms with Gasteiger partial charge in [-0.25, -0.2) is 4.79 Å². The van der Waals surface area contributed by atoms with E-state index in [0.717, 1.165) is 10.9 Å². The van der Waals surface area contributed by atoms with Crippen LogP contribution < -0.4 is 24.3 Å². The number of fused-ring (bicyclic) bond motifs is 1. The van der Waals surface area contributed by atoms with E-state index < -0.39 is 17.9 Å². The van der Waals surface area contributed by atoms with E-state index >= 15 is 0 Å². The summed E-state index contributed by atoms with van der Waals surface area (Å²) in [6.45, 7) is 0. The van der Waals surface area contributed by atoms with E-state index in [2.05, 4.69) is 10.3 Å². The van der Waals surface area contributed by atoms with E-state index in [1.165, 1.54) is 14.2 Å². The van der Waals surface area contributed by atoms with Crippen LogP contribution >= 0.6 is 0 Å². The van der Waals surface area contributed by atoms with Crippen LogP contribution in [0, 0.1) is 0 Å². The van der Waals surface area contributed by atoms with Gasteiger partial charge in [0, 0.05) is 29.6 Å². The number of benzene rings is 3. The number of pyridine rings is 1. The maximum atomic E-state index is 12.8. The molecule has 1 amide bonds. The predicted molar refractivity (Wildman–Crippen MR) is 141 cm³/mol. The molecule has 1 heterocycles. The summed E-state index contributed by atoms with van der Waals surface area (Å²) in [5, 5.41) is 3.51. The zero-order valence-corrected chi connectivity index (χ0v) is 21.5. The highest BCUT2D eigenvalue weighted by molar-refractivity contribution is 5.97. The van der Waals surface area contributed by atoms with Gasteiger partial charge in [0.15, 0.2) is 11.5 Å². The molecule has 0 saturated carbocycles. The summed E-state index contributed by atoms with van der Waals surface area (Å²) < 4.78 is 27.0. The van der Waals surface area contributed by atoms with Gasteiger partial charge in [-0.15, -0.1) is 0 Å². The van der Waals surface area contributed by atoms with Gasteiger partial charge >= 0.3 is 5.97 Å². The van der Waals surface area contributed by atoms with Crippen molar-refractivity contribution in [3.05, 3.63) is 84.1 Å². The largest absolute Gasteiger partial charge is 0.497 e. The number of nitrogens with one attached hydrogen (secondary N) is 1. The molecule has 1 atom stereocenters. The summed E-state index contributed by atoms with van der Waals surface area (Å²) in [6.07, 6.45) is 1.89. The van der Waals surface area contributed by atoms with E-state index in [0.29, 0.717) is 39.8 Å². The van der Waals surface area contributed by atoms with Crippen LogP contribution in [-0.4, -0.2) is 51.3 Å². The molecule has 0 spiro atoms. The minimum atomic E-state index is -0.878. The third kappa shape index (κ3) is 5.95. The van der Waals surface area contributed by atoms with E-state index in [-0.39, 0.29) is 6.42 Å². The fraction of sp³-hybridized carbons (Fsp3) is 0.207. The van der Waals surface area contributed by atoms with Crippen molar-refractivity contribution in [1.82, 2.24) is 10.3 Å². The molecular weight excluding hydrogens is 488 g/mol. The molecule has 1 unspecified atom stereocenters. The fourth-order valence-electron chi connectivity index (χ4n) is 3.93. The van der Waals surface area contributed by atoms with E-state index in [4.69, 9.17) is 23.7 Å². The number of aromatic nitrogens is 1. The Morgan fingerprint density at radius 2 is 1.55 bits per heavy atom. The highest BCUT2D eigenvalue weighted by Crippen LogP contribution is 2.36. The van der Waals surface area contributed by atoms with E-state index in [1.54, 1.807) is 68.9 Å². The third-order valence-corrected chi connectivity index (χ3v) is 5.92. The van der Waals surface area contributed by atoms with Crippen LogP contribution in [0.15, 0.2) is 72.9 Å². The first-order valence-corrected chi connectivity index (χ1v) is 11.8. The van der Waals surface area contributed by atoms with Crippen LogP contribution in [0.25, 0.3) is 10.9 Å². The number of rotatable bonds is 10. The molecule has 4 rings (SSSR count). The lowest BCUT2D eigenvalue weighted by Crippen LogP contribution is -2.43. The molecule has 9 nitrogen and oxygen atoms in total. The summed E-state index contributed by atoms with van der Waals surface area (Å²) in [5.41, 5.74) is 1.88. The molecule has 196 valence electrons. The lowest BCUT2D eigenvalue weighted by Gasteiger charge is -2.17. The van der Waals surface area contributed by atoms with Gasteiger partial charge < -0.3 is 29.0 Å². The standard InChI is InChI=1S/C29H28N2O7/c1-34-21-7-5-6-19(15-21)28(32)31-24(29(33)37-4)14-18-8-10-20(11-9-18)38-25-12-13-30-23-17-27(36-3)26(35-2)16-22(23)25/h5-13,15-17,24H,14H2,1-4H3,(H,31,32). The number of nitrogens with zero attached hydrogens (tertiary/aromatic N) is 1. The SMILES string of the molecule is COC(=O)C(Cc1ccc(Oc2ccnc3cc(OC)c(OC)cc23)cc1)NC(=O)c1cccc(OC)c1. The molecule has 9 heteroatoms. The van der Waals surface area contributed by atoms with Gasteiger partial charge in [-0.3, -0.25) is 9.78 Å². The minimum Gasteiger partial charge on any atom is -0.497 e. The van der Waals surface area contributed by atoms with Gasteiger partial charge in [-0.05, 0) is 48.0 Å². The lowest BCUT2D eigenvalue weighted by molar-refractivity contribution is -0.142. The molecule has 0 aliphatic carbocycles. The Labute approximate surface area is 220 Å². The van der Waals surface area contributed by atoms with Crippen molar-refractivity contribution in [1.29, 1.82) is 0 Å². The number of carbonyl (C=O) groups is 2. The van der Waals surface area contributed by atoms with Crippen molar-refractivity contribution >= 4 is 22.8 Å². The molecule has 0 aliphatic rings. The Hall–Kier alpha value is -4.79. The summed E-state index contributed by atoms with van der Waals surface area (Å²) in [6, 6.07) is 18.4. The number of esters is 1. The van der Waals surface area contributed by atoms with Crippen molar-refractivity contribution in [2.24, 2.45) is 0 Å². The van der Waals surface area contributed by atoms with Gasteiger partial charge in [0.05, 0.1) is 34.0 Å². The minimum absolute atomic E-state index is 0.234. The molecule has 0 fully saturated rings. The van der Waals surface area contributed by atoms with Crippen LogP contribution in [0.4, 0.5) is 0 Å². The van der Waals surface area contributed by atoms with Crippen LogP contribution in [0.5, 0.6) is 28.7 Å². The zero-order valence-electron chi connectivity index (χ0n) is 21.5. The molecule has 3 aromatic carbocycles. The Morgan fingerprint density at radius 1 is 0.816 bits per heavy atom. The normalized spacial score (nSPS) is 11.4. The maximum absolute atomic E-state index is 12.8. The smallest absolute Gasteiger partial charge is 0.328 e. The molecule has 0 aliphatic heterocycles. The highest BCUT2D eigenvalue weighted by Gasteiger charge is 2.23. The molecule has 0 radical (unpaired) electrons. The van der Waals surface area contributed by atoms with Gasteiger partial charge in [-0.1, -0.05) is 18.2 Å². The second-order valence-corrected chi connectivity index (χ2v) is 8.26. The van der Waals surface area contributed by atoms with E-state index in [9.17, 15) is 9.59 Å². The average molecular weight is 517 g/mol. The monoisotopic (exact) mass is 516 g/mol. The predicted octanol–water partition coefficient (Wildman–Crippen LogP) is 4.57. The Morgan fingerprint density at radius 3 is 2.24 bits per heavy atom. The molecule has 38 heavy (non-hydrogen) atoms. The number of ether oxygens (including phenoxy) is 5. The number of carbonyl (C=O) groups excluding carboxylic acids is 2. The van der Waals surface area contributed by atoms with Crippen LogP contribution in [-0.2, 0) is 16.0 Å². The van der Waals surface area contributed by atoms with Crippen molar-refractivity contribution < 1.29 is 33.3 Å². The summed E-state index contributed by atoms with van der Waals surface area (Å²) >= 11 is 0. The first-order valence-electron chi connectivity index (χ1n) is 11.8. The average Bonchev–Trinajstić information content (AvgIpc) is 2.96. The Bertz CT molecular complexity index is 1440. The van der Waals surface area contributed by atoms with Crippen molar-refractivity contribution in [2.75, 3.05) is 28.4 Å². The molecule has 4 aromatic rings. The molecule has 1 aromatic heterocycles. The van der Waals surface area contributed by atoms with Gasteiger partial charge in [0.1, 0.15) is 23.3 Å². The fourth-order valence-corrected chi connectivity index (χ4v) is 3.93.